The summed E-state index contributed by atoms with van der Waals surface area (Å²) in [4.78, 5) is 27.4. The lowest BCUT2D eigenvalue weighted by Crippen LogP contribution is -2.27. The molecular formula is C23H23FN4O2. The van der Waals surface area contributed by atoms with Crippen LogP contribution in [0.4, 0.5) is 15.8 Å². The van der Waals surface area contributed by atoms with Crippen LogP contribution in [0, 0.1) is 18.7 Å². The Balaban J connectivity index is 1.57. The summed E-state index contributed by atoms with van der Waals surface area (Å²) in [7, 11) is 0. The first kappa shape index (κ1) is 19.8. The molecule has 154 valence electrons. The van der Waals surface area contributed by atoms with E-state index in [1.807, 2.05) is 12.1 Å². The second kappa shape index (κ2) is 8.10. The molecule has 0 saturated carbocycles. The standard InChI is InChI=1S/C23H23FN4O2/c1-15-11-12-27(14-15)18-9-7-17(8-10-18)25-23(30)22-21(29)13-16(2)28(26-22)20-6-4-3-5-19(20)24/h3-10,13,15H,11-12,14H2,1-2H3,(H,25,30). The molecule has 1 fully saturated rings. The van der Waals surface area contributed by atoms with E-state index in [1.165, 1.54) is 23.2 Å². The second-order valence-electron chi connectivity index (χ2n) is 7.70. The highest BCUT2D eigenvalue weighted by Gasteiger charge is 2.20. The molecule has 1 aromatic heterocycles. The van der Waals surface area contributed by atoms with Crippen LogP contribution in [0.2, 0.25) is 0 Å². The van der Waals surface area contributed by atoms with Crippen LogP contribution in [-0.4, -0.2) is 28.8 Å². The number of nitrogens with one attached hydrogen (secondary N) is 1. The number of para-hydroxylation sites is 1. The van der Waals surface area contributed by atoms with Crippen LogP contribution in [-0.2, 0) is 0 Å². The zero-order chi connectivity index (χ0) is 21.3. The normalized spacial score (nSPS) is 16.0. The minimum atomic E-state index is -0.632. The van der Waals surface area contributed by atoms with Gasteiger partial charge in [-0.05, 0) is 55.7 Å². The van der Waals surface area contributed by atoms with Gasteiger partial charge in [0.1, 0.15) is 11.5 Å². The minimum Gasteiger partial charge on any atom is -0.371 e. The summed E-state index contributed by atoms with van der Waals surface area (Å²) in [6, 6.07) is 14.9. The first-order chi connectivity index (χ1) is 14.4. The van der Waals surface area contributed by atoms with Crippen molar-refractivity contribution in [2.45, 2.75) is 20.3 Å². The molecule has 2 heterocycles. The predicted octanol–water partition coefficient (Wildman–Crippen LogP) is 3.78. The molecule has 30 heavy (non-hydrogen) atoms. The van der Waals surface area contributed by atoms with E-state index in [1.54, 1.807) is 37.3 Å². The van der Waals surface area contributed by atoms with Gasteiger partial charge in [-0.1, -0.05) is 19.1 Å². The van der Waals surface area contributed by atoms with Crippen LogP contribution < -0.4 is 15.6 Å². The van der Waals surface area contributed by atoms with Gasteiger partial charge in [-0.3, -0.25) is 9.59 Å². The number of nitrogens with zero attached hydrogens (tertiary/aromatic N) is 3. The van der Waals surface area contributed by atoms with Gasteiger partial charge >= 0.3 is 0 Å². The molecule has 1 unspecified atom stereocenters. The SMILES string of the molecule is Cc1cc(=O)c(C(=O)Nc2ccc(N3CCC(C)C3)cc2)nn1-c1ccccc1F. The topological polar surface area (TPSA) is 67.2 Å². The number of hydrogen-bond acceptors (Lipinski definition) is 4. The summed E-state index contributed by atoms with van der Waals surface area (Å²) in [5.41, 5.74) is 1.48. The maximum absolute atomic E-state index is 14.2. The fraction of sp³-hybridized carbons (Fsp3) is 0.261. The van der Waals surface area contributed by atoms with Crippen molar-refractivity contribution in [1.82, 2.24) is 9.78 Å². The molecule has 0 aliphatic carbocycles. The highest BCUT2D eigenvalue weighted by Crippen LogP contribution is 2.25. The summed E-state index contributed by atoms with van der Waals surface area (Å²) in [6.45, 7) is 5.92. The summed E-state index contributed by atoms with van der Waals surface area (Å²) in [6.07, 6.45) is 1.17. The van der Waals surface area contributed by atoms with E-state index >= 15 is 0 Å². The van der Waals surface area contributed by atoms with Gasteiger partial charge in [0.15, 0.2) is 5.69 Å². The second-order valence-corrected chi connectivity index (χ2v) is 7.70. The Bertz CT molecular complexity index is 1140. The monoisotopic (exact) mass is 406 g/mol. The Hall–Kier alpha value is -3.48. The number of aromatic nitrogens is 2. The average Bonchev–Trinajstić information content (AvgIpc) is 3.16. The molecule has 2 aromatic carbocycles. The molecule has 0 bridgehead atoms. The van der Waals surface area contributed by atoms with Crippen LogP contribution in [0.1, 0.15) is 29.5 Å². The van der Waals surface area contributed by atoms with Crippen molar-refractivity contribution in [1.29, 1.82) is 0 Å². The summed E-state index contributed by atoms with van der Waals surface area (Å²) < 4.78 is 15.4. The van der Waals surface area contributed by atoms with Crippen molar-refractivity contribution < 1.29 is 9.18 Å². The minimum absolute atomic E-state index is 0.174. The molecule has 3 aromatic rings. The molecule has 1 aliphatic heterocycles. The van der Waals surface area contributed by atoms with Crippen molar-refractivity contribution in [3.63, 3.8) is 0 Å². The van der Waals surface area contributed by atoms with Gasteiger partial charge < -0.3 is 10.2 Å². The van der Waals surface area contributed by atoms with E-state index in [4.69, 9.17) is 0 Å². The molecule has 1 amide bonds. The molecular weight excluding hydrogens is 383 g/mol. The molecule has 4 rings (SSSR count). The third kappa shape index (κ3) is 3.96. The van der Waals surface area contributed by atoms with Gasteiger partial charge in [0, 0.05) is 36.2 Å². The highest BCUT2D eigenvalue weighted by atomic mass is 19.1. The van der Waals surface area contributed by atoms with Crippen molar-refractivity contribution in [2.24, 2.45) is 5.92 Å². The lowest BCUT2D eigenvalue weighted by molar-refractivity contribution is 0.101. The summed E-state index contributed by atoms with van der Waals surface area (Å²) >= 11 is 0. The smallest absolute Gasteiger partial charge is 0.280 e. The van der Waals surface area contributed by atoms with Crippen molar-refractivity contribution in [3.8, 4) is 5.69 Å². The number of anilines is 2. The van der Waals surface area contributed by atoms with E-state index in [2.05, 4.69) is 22.2 Å². The Morgan fingerprint density at radius 1 is 1.17 bits per heavy atom. The molecule has 7 heteroatoms. The van der Waals surface area contributed by atoms with Crippen LogP contribution in [0.25, 0.3) is 5.69 Å². The van der Waals surface area contributed by atoms with Gasteiger partial charge in [0.05, 0.1) is 0 Å². The van der Waals surface area contributed by atoms with E-state index in [-0.39, 0.29) is 11.4 Å². The van der Waals surface area contributed by atoms with Crippen LogP contribution in [0.5, 0.6) is 0 Å². The molecule has 1 saturated heterocycles. The quantitative estimate of drug-likeness (QED) is 0.716. The third-order valence-corrected chi connectivity index (χ3v) is 5.32. The number of benzene rings is 2. The molecule has 1 atom stereocenters. The number of carbonyl (C=O) groups excluding carboxylic acids is 1. The zero-order valence-electron chi connectivity index (χ0n) is 16.9. The number of carbonyl (C=O) groups is 1. The summed E-state index contributed by atoms with van der Waals surface area (Å²) in [5.74, 6) is -0.448. The fourth-order valence-electron chi connectivity index (χ4n) is 3.69. The number of halogens is 1. The first-order valence-corrected chi connectivity index (χ1v) is 9.94. The van der Waals surface area contributed by atoms with Gasteiger partial charge in [0.2, 0.25) is 5.43 Å². The van der Waals surface area contributed by atoms with Crippen LogP contribution in [0.15, 0.2) is 59.4 Å². The predicted molar refractivity (Wildman–Crippen MR) is 115 cm³/mol. The highest BCUT2D eigenvalue weighted by molar-refractivity contribution is 6.02. The van der Waals surface area contributed by atoms with Gasteiger partial charge in [0.25, 0.3) is 5.91 Å². The zero-order valence-corrected chi connectivity index (χ0v) is 16.9. The Morgan fingerprint density at radius 3 is 2.57 bits per heavy atom. The maximum atomic E-state index is 14.2. The summed E-state index contributed by atoms with van der Waals surface area (Å²) in [5, 5.41) is 6.84. The van der Waals surface area contributed by atoms with E-state index in [0.29, 0.717) is 17.3 Å². The Kier molecular flexibility index (Phi) is 5.35. The molecule has 0 spiro atoms. The number of amides is 1. The molecule has 0 radical (unpaired) electrons. The Morgan fingerprint density at radius 2 is 1.90 bits per heavy atom. The van der Waals surface area contributed by atoms with Crippen molar-refractivity contribution in [2.75, 3.05) is 23.3 Å². The van der Waals surface area contributed by atoms with Crippen LogP contribution in [0.3, 0.4) is 0 Å². The van der Waals surface area contributed by atoms with E-state index in [0.717, 1.165) is 18.8 Å². The lowest BCUT2D eigenvalue weighted by atomic mass is 10.2. The van der Waals surface area contributed by atoms with Crippen molar-refractivity contribution in [3.05, 3.63) is 82.0 Å². The first-order valence-electron chi connectivity index (χ1n) is 9.94. The van der Waals surface area contributed by atoms with Gasteiger partial charge in [-0.2, -0.15) is 5.10 Å². The largest absolute Gasteiger partial charge is 0.371 e. The van der Waals surface area contributed by atoms with E-state index < -0.39 is 17.2 Å². The molecule has 6 nitrogen and oxygen atoms in total. The van der Waals surface area contributed by atoms with Crippen LogP contribution >= 0.6 is 0 Å². The average molecular weight is 406 g/mol. The van der Waals surface area contributed by atoms with Gasteiger partial charge in [-0.25, -0.2) is 9.07 Å². The number of rotatable bonds is 4. The molecule has 1 aliphatic rings. The maximum Gasteiger partial charge on any atom is 0.280 e. The van der Waals surface area contributed by atoms with E-state index in [9.17, 15) is 14.0 Å². The third-order valence-electron chi connectivity index (χ3n) is 5.32. The molecule has 1 N–H and O–H groups in total. The van der Waals surface area contributed by atoms with Crippen molar-refractivity contribution >= 4 is 17.3 Å². The number of hydrogen-bond donors (Lipinski definition) is 1. The number of aryl methyl sites for hydroxylation is 1. The van der Waals surface area contributed by atoms with Gasteiger partial charge in [-0.15, -0.1) is 0 Å². The fourth-order valence-corrected chi connectivity index (χ4v) is 3.69. The lowest BCUT2D eigenvalue weighted by Gasteiger charge is -2.18. The Labute approximate surface area is 174 Å².